The van der Waals surface area contributed by atoms with Gasteiger partial charge in [-0.05, 0) is 55.4 Å². The van der Waals surface area contributed by atoms with Gasteiger partial charge in [-0.25, -0.2) is 0 Å². The van der Waals surface area contributed by atoms with Crippen LogP contribution >= 0.6 is 0 Å². The number of ether oxygens (including phenoxy) is 1. The second kappa shape index (κ2) is 10.6. The zero-order chi connectivity index (χ0) is 23.1. The van der Waals surface area contributed by atoms with Crippen LogP contribution in [0, 0.1) is 0 Å². The molecule has 0 atom stereocenters. The topological polar surface area (TPSA) is 62.7 Å². The molecule has 1 fully saturated rings. The summed E-state index contributed by atoms with van der Waals surface area (Å²) in [6.07, 6.45) is 5.64. The summed E-state index contributed by atoms with van der Waals surface area (Å²) in [5.74, 6) is 0.843. The number of hydrogen-bond donors (Lipinski definition) is 1. The van der Waals surface area contributed by atoms with E-state index in [4.69, 9.17) is 4.74 Å². The van der Waals surface area contributed by atoms with Gasteiger partial charge < -0.3 is 14.7 Å². The molecule has 1 aliphatic carbocycles. The van der Waals surface area contributed by atoms with E-state index in [2.05, 4.69) is 17.1 Å². The van der Waals surface area contributed by atoms with E-state index in [-0.39, 0.29) is 11.9 Å². The third-order valence-electron chi connectivity index (χ3n) is 6.66. The number of benzene rings is 2. The van der Waals surface area contributed by atoms with Crippen molar-refractivity contribution >= 4 is 5.91 Å². The van der Waals surface area contributed by atoms with Gasteiger partial charge in [-0.3, -0.25) is 9.78 Å². The van der Waals surface area contributed by atoms with Crippen molar-refractivity contribution in [3.05, 3.63) is 95.8 Å². The number of aromatic nitrogens is 1. The van der Waals surface area contributed by atoms with E-state index in [0.29, 0.717) is 37.3 Å². The molecule has 0 aliphatic heterocycles. The summed E-state index contributed by atoms with van der Waals surface area (Å²) in [6.45, 7) is 0.485. The molecular weight excluding hydrogens is 412 g/mol. The third kappa shape index (κ3) is 5.99. The Balaban J connectivity index is 1.27. The number of nitrogens with zero attached hydrogens (tertiary/aromatic N) is 2. The van der Waals surface area contributed by atoms with Crippen LogP contribution in [0.1, 0.15) is 48.9 Å². The molecule has 5 heteroatoms. The highest BCUT2D eigenvalue weighted by atomic mass is 16.5. The average molecular weight is 445 g/mol. The first-order valence-corrected chi connectivity index (χ1v) is 11.7. The average Bonchev–Trinajstić information content (AvgIpc) is 2.87. The number of hydrogen-bond acceptors (Lipinski definition) is 4. The molecule has 33 heavy (non-hydrogen) atoms. The molecule has 0 radical (unpaired) electrons. The third-order valence-corrected chi connectivity index (χ3v) is 6.66. The Hall–Kier alpha value is -3.18. The monoisotopic (exact) mass is 444 g/mol. The van der Waals surface area contributed by atoms with Crippen molar-refractivity contribution in [1.29, 1.82) is 0 Å². The summed E-state index contributed by atoms with van der Waals surface area (Å²) in [4.78, 5) is 19.1. The molecule has 1 heterocycles. The van der Waals surface area contributed by atoms with Crippen molar-refractivity contribution in [3.8, 4) is 5.75 Å². The van der Waals surface area contributed by atoms with Crippen molar-refractivity contribution in [3.63, 3.8) is 0 Å². The fourth-order valence-corrected chi connectivity index (χ4v) is 4.48. The molecule has 172 valence electrons. The molecule has 0 unspecified atom stereocenters. The molecule has 0 spiro atoms. The summed E-state index contributed by atoms with van der Waals surface area (Å²) >= 11 is 0. The predicted molar refractivity (Wildman–Crippen MR) is 129 cm³/mol. The fourth-order valence-electron chi connectivity index (χ4n) is 4.48. The summed E-state index contributed by atoms with van der Waals surface area (Å²) in [6, 6.07) is 24.0. The van der Waals surface area contributed by atoms with E-state index in [1.54, 1.807) is 6.20 Å². The van der Waals surface area contributed by atoms with Crippen LogP contribution in [0.4, 0.5) is 0 Å². The van der Waals surface area contributed by atoms with E-state index in [9.17, 15) is 9.90 Å². The second-order valence-corrected chi connectivity index (χ2v) is 8.91. The number of aliphatic hydroxyl groups is 1. The van der Waals surface area contributed by atoms with Gasteiger partial charge in [-0.15, -0.1) is 0 Å². The van der Waals surface area contributed by atoms with Crippen LogP contribution in [-0.2, 0) is 23.4 Å². The van der Waals surface area contributed by atoms with E-state index in [1.165, 1.54) is 5.56 Å². The van der Waals surface area contributed by atoms with Crippen LogP contribution < -0.4 is 4.74 Å². The Morgan fingerprint density at radius 1 is 1.00 bits per heavy atom. The maximum absolute atomic E-state index is 12.7. The summed E-state index contributed by atoms with van der Waals surface area (Å²) in [7, 11) is 1.89. The summed E-state index contributed by atoms with van der Waals surface area (Å²) in [5, 5.41) is 11.2. The molecular formula is C28H32N2O3. The Labute approximate surface area is 196 Å². The first-order valence-electron chi connectivity index (χ1n) is 11.7. The van der Waals surface area contributed by atoms with Crippen LogP contribution in [0.25, 0.3) is 0 Å². The molecule has 1 aliphatic rings. The molecule has 4 rings (SSSR count). The minimum Gasteiger partial charge on any atom is -0.487 e. The maximum Gasteiger partial charge on any atom is 0.222 e. The van der Waals surface area contributed by atoms with Crippen LogP contribution in [0.5, 0.6) is 5.75 Å². The molecule has 1 aromatic heterocycles. The first kappa shape index (κ1) is 23.0. The van der Waals surface area contributed by atoms with Gasteiger partial charge in [0.15, 0.2) is 0 Å². The molecule has 1 saturated carbocycles. The van der Waals surface area contributed by atoms with Crippen LogP contribution in [0.3, 0.4) is 0 Å². The Kier molecular flexibility index (Phi) is 7.40. The zero-order valence-electron chi connectivity index (χ0n) is 19.2. The molecule has 1 amide bonds. The van der Waals surface area contributed by atoms with Crippen molar-refractivity contribution in [2.75, 3.05) is 7.05 Å². The lowest BCUT2D eigenvalue weighted by molar-refractivity contribution is -0.134. The van der Waals surface area contributed by atoms with E-state index in [1.807, 2.05) is 72.6 Å². The standard InChI is InChI=1S/C28H32N2O3/c1-30(27(31)15-12-22-8-4-2-5-9-22)24-16-18-28(32,19-17-24)26-14-13-25(20-29-26)33-21-23-10-6-3-7-11-23/h2-11,13-14,20,24,32H,12,15-19,21H2,1H3. The fraction of sp³-hybridized carbons (Fsp3) is 0.357. The van der Waals surface area contributed by atoms with E-state index >= 15 is 0 Å². The van der Waals surface area contributed by atoms with Crippen molar-refractivity contribution < 1.29 is 14.6 Å². The molecule has 0 bridgehead atoms. The molecule has 2 aromatic carbocycles. The van der Waals surface area contributed by atoms with Crippen molar-refractivity contribution in [1.82, 2.24) is 9.88 Å². The van der Waals surface area contributed by atoms with Gasteiger partial charge >= 0.3 is 0 Å². The predicted octanol–water partition coefficient (Wildman–Crippen LogP) is 4.88. The highest BCUT2D eigenvalue weighted by molar-refractivity contribution is 5.76. The van der Waals surface area contributed by atoms with Gasteiger partial charge in [0.25, 0.3) is 0 Å². The number of pyridine rings is 1. The molecule has 0 saturated heterocycles. The van der Waals surface area contributed by atoms with Gasteiger partial charge in [0.05, 0.1) is 11.9 Å². The highest BCUT2D eigenvalue weighted by Crippen LogP contribution is 2.38. The second-order valence-electron chi connectivity index (χ2n) is 8.91. The Morgan fingerprint density at radius 3 is 2.24 bits per heavy atom. The normalized spacial score (nSPS) is 20.2. The minimum absolute atomic E-state index is 0.155. The van der Waals surface area contributed by atoms with Crippen LogP contribution in [0.2, 0.25) is 0 Å². The molecule has 3 aromatic rings. The van der Waals surface area contributed by atoms with Gasteiger partial charge in [-0.2, -0.15) is 0 Å². The smallest absolute Gasteiger partial charge is 0.222 e. The summed E-state index contributed by atoms with van der Waals surface area (Å²) in [5.41, 5.74) is 1.99. The Morgan fingerprint density at radius 2 is 1.64 bits per heavy atom. The van der Waals surface area contributed by atoms with Crippen molar-refractivity contribution in [2.45, 2.75) is 56.8 Å². The number of carbonyl (C=O) groups is 1. The van der Waals surface area contributed by atoms with Crippen LogP contribution in [-0.4, -0.2) is 34.0 Å². The first-order chi connectivity index (χ1) is 16.0. The largest absolute Gasteiger partial charge is 0.487 e. The maximum atomic E-state index is 12.7. The molecule has 5 nitrogen and oxygen atoms in total. The minimum atomic E-state index is -0.956. The van der Waals surface area contributed by atoms with E-state index < -0.39 is 5.60 Å². The van der Waals surface area contributed by atoms with Crippen LogP contribution in [0.15, 0.2) is 79.0 Å². The lowest BCUT2D eigenvalue weighted by Crippen LogP contribution is -2.43. The van der Waals surface area contributed by atoms with Gasteiger partial charge in [-0.1, -0.05) is 60.7 Å². The number of rotatable bonds is 8. The van der Waals surface area contributed by atoms with Crippen molar-refractivity contribution in [2.24, 2.45) is 0 Å². The zero-order valence-corrected chi connectivity index (χ0v) is 19.2. The Bertz CT molecular complexity index is 1010. The highest BCUT2D eigenvalue weighted by Gasteiger charge is 2.37. The van der Waals surface area contributed by atoms with Gasteiger partial charge in [0.1, 0.15) is 18.0 Å². The lowest BCUT2D eigenvalue weighted by atomic mass is 9.79. The number of aryl methyl sites for hydroxylation is 1. The van der Waals surface area contributed by atoms with Gasteiger partial charge in [0, 0.05) is 19.5 Å². The quantitative estimate of drug-likeness (QED) is 0.538. The summed E-state index contributed by atoms with van der Waals surface area (Å²) < 4.78 is 5.81. The molecule has 1 N–H and O–H groups in total. The lowest BCUT2D eigenvalue weighted by Gasteiger charge is -2.39. The van der Waals surface area contributed by atoms with Gasteiger partial charge in [0.2, 0.25) is 5.91 Å². The number of carbonyl (C=O) groups excluding carboxylic acids is 1. The SMILES string of the molecule is CN(C(=O)CCc1ccccc1)C1CCC(O)(c2ccc(OCc3ccccc3)cn2)CC1. The van der Waals surface area contributed by atoms with E-state index in [0.717, 1.165) is 24.8 Å². The number of amides is 1.